The second kappa shape index (κ2) is 10.4. The Kier molecular flexibility index (Phi) is 7.35. The second-order valence-corrected chi connectivity index (χ2v) is 7.48. The predicted molar refractivity (Wildman–Crippen MR) is 117 cm³/mol. The fourth-order valence-electron chi connectivity index (χ4n) is 2.69. The molecule has 0 aliphatic heterocycles. The van der Waals surface area contributed by atoms with Gasteiger partial charge in [0.1, 0.15) is 5.01 Å². The normalized spacial score (nSPS) is 10.9. The highest BCUT2D eigenvalue weighted by atomic mass is 32.1. The van der Waals surface area contributed by atoms with E-state index in [4.69, 9.17) is 4.74 Å². The van der Waals surface area contributed by atoms with Gasteiger partial charge in [-0.1, -0.05) is 30.3 Å². The number of anilines is 1. The highest BCUT2D eigenvalue weighted by molar-refractivity contribution is 7.19. The number of nitrogens with zero attached hydrogens (tertiary/aromatic N) is 2. The fraction of sp³-hybridized carbons (Fsp3) is 0.227. The number of nitrogens with one attached hydrogen (secondary N) is 1. The van der Waals surface area contributed by atoms with Crippen LogP contribution in [0.15, 0.2) is 60.7 Å². The van der Waals surface area contributed by atoms with Gasteiger partial charge in [0.25, 0.3) is 5.91 Å². The van der Waals surface area contributed by atoms with Crippen LogP contribution in [-0.2, 0) is 14.3 Å². The Morgan fingerprint density at radius 3 is 2.69 bits per heavy atom. The number of benzene rings is 2. The van der Waals surface area contributed by atoms with Gasteiger partial charge in [-0.2, -0.15) is 0 Å². The molecular weight excluding hydrogens is 386 g/mol. The monoisotopic (exact) mass is 409 g/mol. The Morgan fingerprint density at radius 2 is 1.90 bits per heavy atom. The smallest absolute Gasteiger partial charge is 0.331 e. The zero-order chi connectivity index (χ0) is 20.5. The van der Waals surface area contributed by atoms with Gasteiger partial charge in [0.15, 0.2) is 6.61 Å². The summed E-state index contributed by atoms with van der Waals surface area (Å²) in [5, 5.41) is 3.48. The molecule has 7 heteroatoms. The summed E-state index contributed by atoms with van der Waals surface area (Å²) in [7, 11) is 2.01. The third-order valence-electron chi connectivity index (χ3n) is 4.21. The SMILES string of the molecule is CN(CCCNC(=O)COC(=O)/C=C/c1nc2ccccc2s1)c1ccccc1. The first-order chi connectivity index (χ1) is 14.1. The average molecular weight is 410 g/mol. The number of fused-ring (bicyclic) bond motifs is 1. The molecule has 2 aromatic carbocycles. The number of para-hydroxylation sites is 2. The van der Waals surface area contributed by atoms with Gasteiger partial charge < -0.3 is 15.0 Å². The molecule has 3 rings (SSSR count). The van der Waals surface area contributed by atoms with E-state index in [0.717, 1.165) is 33.9 Å². The van der Waals surface area contributed by atoms with Gasteiger partial charge >= 0.3 is 5.97 Å². The summed E-state index contributed by atoms with van der Waals surface area (Å²) in [4.78, 5) is 30.1. The number of rotatable bonds is 9. The third-order valence-corrected chi connectivity index (χ3v) is 5.21. The molecule has 1 N–H and O–H groups in total. The average Bonchev–Trinajstić information content (AvgIpc) is 3.17. The molecule has 0 bridgehead atoms. The molecule has 0 aliphatic carbocycles. The van der Waals surface area contributed by atoms with Gasteiger partial charge in [-0.25, -0.2) is 9.78 Å². The maximum absolute atomic E-state index is 11.8. The van der Waals surface area contributed by atoms with Crippen LogP contribution in [0.5, 0.6) is 0 Å². The predicted octanol–water partition coefficient (Wildman–Crippen LogP) is 3.50. The molecular formula is C22H23N3O3S. The summed E-state index contributed by atoms with van der Waals surface area (Å²) >= 11 is 1.49. The van der Waals surface area contributed by atoms with Crippen molar-refractivity contribution >= 4 is 45.2 Å². The van der Waals surface area contributed by atoms with Crippen LogP contribution in [0.3, 0.4) is 0 Å². The maximum Gasteiger partial charge on any atom is 0.331 e. The number of aromatic nitrogens is 1. The lowest BCUT2D eigenvalue weighted by atomic mass is 10.3. The molecule has 29 heavy (non-hydrogen) atoms. The van der Waals surface area contributed by atoms with Crippen molar-refractivity contribution in [3.05, 3.63) is 65.7 Å². The van der Waals surface area contributed by atoms with Gasteiger partial charge in [-0.3, -0.25) is 4.79 Å². The van der Waals surface area contributed by atoms with Crippen LogP contribution in [0.2, 0.25) is 0 Å². The molecule has 0 saturated heterocycles. The number of ether oxygens (including phenoxy) is 1. The van der Waals surface area contributed by atoms with Crippen molar-refractivity contribution in [2.45, 2.75) is 6.42 Å². The highest BCUT2D eigenvalue weighted by Crippen LogP contribution is 2.22. The number of carbonyl (C=O) groups excluding carboxylic acids is 2. The first-order valence-electron chi connectivity index (χ1n) is 9.35. The molecule has 0 aliphatic rings. The molecule has 1 aromatic heterocycles. The number of thiazole rings is 1. The summed E-state index contributed by atoms with van der Waals surface area (Å²) in [6.07, 6.45) is 3.69. The van der Waals surface area contributed by atoms with Crippen LogP contribution in [0.1, 0.15) is 11.4 Å². The van der Waals surface area contributed by atoms with Crippen molar-refractivity contribution in [1.82, 2.24) is 10.3 Å². The van der Waals surface area contributed by atoms with Crippen LogP contribution in [0, 0.1) is 0 Å². The quantitative estimate of drug-likeness (QED) is 0.333. The summed E-state index contributed by atoms with van der Waals surface area (Å²) in [6, 6.07) is 17.8. The van der Waals surface area contributed by atoms with E-state index in [1.807, 2.05) is 61.6 Å². The van der Waals surface area contributed by atoms with E-state index < -0.39 is 5.97 Å². The van der Waals surface area contributed by atoms with E-state index in [-0.39, 0.29) is 12.5 Å². The molecule has 0 spiro atoms. The molecule has 1 amide bonds. The molecule has 150 valence electrons. The Bertz CT molecular complexity index is 952. The minimum absolute atomic E-state index is 0.294. The second-order valence-electron chi connectivity index (χ2n) is 6.42. The van der Waals surface area contributed by atoms with E-state index in [0.29, 0.717) is 6.54 Å². The van der Waals surface area contributed by atoms with Gasteiger partial charge in [-0.15, -0.1) is 11.3 Å². The molecule has 0 radical (unpaired) electrons. The van der Waals surface area contributed by atoms with Crippen molar-refractivity contribution in [2.24, 2.45) is 0 Å². The van der Waals surface area contributed by atoms with E-state index in [9.17, 15) is 9.59 Å². The zero-order valence-corrected chi connectivity index (χ0v) is 17.0. The van der Waals surface area contributed by atoms with Crippen LogP contribution in [0.4, 0.5) is 5.69 Å². The molecule has 0 fully saturated rings. The highest BCUT2D eigenvalue weighted by Gasteiger charge is 2.06. The van der Waals surface area contributed by atoms with E-state index in [1.165, 1.54) is 17.4 Å². The Labute approximate surface area is 173 Å². The maximum atomic E-state index is 11.8. The Hall–Kier alpha value is -3.19. The lowest BCUT2D eigenvalue weighted by Crippen LogP contribution is -2.31. The van der Waals surface area contributed by atoms with Gasteiger partial charge in [0.2, 0.25) is 0 Å². The fourth-order valence-corrected chi connectivity index (χ4v) is 3.56. The van der Waals surface area contributed by atoms with Gasteiger partial charge in [-0.05, 0) is 36.8 Å². The van der Waals surface area contributed by atoms with Crippen LogP contribution >= 0.6 is 11.3 Å². The van der Waals surface area contributed by atoms with E-state index in [2.05, 4.69) is 15.2 Å². The number of esters is 1. The summed E-state index contributed by atoms with van der Waals surface area (Å²) < 4.78 is 6.03. The Morgan fingerprint density at radius 1 is 1.14 bits per heavy atom. The summed E-state index contributed by atoms with van der Waals surface area (Å²) in [5.41, 5.74) is 2.02. The third kappa shape index (κ3) is 6.43. The number of hydrogen-bond acceptors (Lipinski definition) is 6. The van der Waals surface area contributed by atoms with Gasteiger partial charge in [0.05, 0.1) is 10.2 Å². The summed E-state index contributed by atoms with van der Waals surface area (Å²) in [6.45, 7) is 1.04. The van der Waals surface area contributed by atoms with Crippen LogP contribution in [-0.4, -0.2) is 43.6 Å². The number of amides is 1. The van der Waals surface area contributed by atoms with Crippen molar-refractivity contribution in [2.75, 3.05) is 31.6 Å². The van der Waals surface area contributed by atoms with Crippen LogP contribution < -0.4 is 10.2 Å². The van der Waals surface area contributed by atoms with Gasteiger partial charge in [0, 0.05) is 31.9 Å². The first kappa shape index (κ1) is 20.5. The minimum atomic E-state index is -0.566. The Balaban J connectivity index is 1.33. The molecule has 0 unspecified atom stereocenters. The van der Waals surface area contributed by atoms with Crippen molar-refractivity contribution in [3.63, 3.8) is 0 Å². The molecule has 0 saturated carbocycles. The number of hydrogen-bond donors (Lipinski definition) is 1. The van der Waals surface area contributed by atoms with Crippen molar-refractivity contribution in [1.29, 1.82) is 0 Å². The largest absolute Gasteiger partial charge is 0.452 e. The molecule has 3 aromatic rings. The molecule has 6 nitrogen and oxygen atoms in total. The molecule has 1 heterocycles. The van der Waals surface area contributed by atoms with E-state index >= 15 is 0 Å². The van der Waals surface area contributed by atoms with E-state index in [1.54, 1.807) is 6.08 Å². The lowest BCUT2D eigenvalue weighted by molar-refractivity contribution is -0.143. The zero-order valence-electron chi connectivity index (χ0n) is 16.2. The topological polar surface area (TPSA) is 71.5 Å². The van der Waals surface area contributed by atoms with Crippen molar-refractivity contribution in [3.8, 4) is 0 Å². The molecule has 0 atom stereocenters. The minimum Gasteiger partial charge on any atom is -0.452 e. The standard InChI is InChI=1S/C22H23N3O3S/c1-25(17-8-3-2-4-9-17)15-7-14-23-20(26)16-28-22(27)13-12-21-24-18-10-5-6-11-19(18)29-21/h2-6,8-13H,7,14-16H2,1H3,(H,23,26)/b13-12+. The summed E-state index contributed by atoms with van der Waals surface area (Å²) in [5.74, 6) is -0.877. The van der Waals surface area contributed by atoms with Crippen molar-refractivity contribution < 1.29 is 14.3 Å². The number of carbonyl (C=O) groups is 2. The first-order valence-corrected chi connectivity index (χ1v) is 10.2. The lowest BCUT2D eigenvalue weighted by Gasteiger charge is -2.19. The van der Waals surface area contributed by atoms with Crippen LogP contribution in [0.25, 0.3) is 16.3 Å².